The third-order valence-corrected chi connectivity index (χ3v) is 9.51. The summed E-state index contributed by atoms with van der Waals surface area (Å²) in [6.07, 6.45) is 8.71. The second-order valence-electron chi connectivity index (χ2n) is 12.4. The number of aromatic nitrogens is 2. The number of amides is 4. The first-order chi connectivity index (χ1) is 19.8. The molecule has 4 amide bonds. The van der Waals surface area contributed by atoms with Gasteiger partial charge in [-0.05, 0) is 88.1 Å². The number of piperidine rings is 2. The molecule has 41 heavy (non-hydrogen) atoms. The van der Waals surface area contributed by atoms with Crippen LogP contribution in [0, 0.1) is 0 Å². The molecule has 11 heteroatoms. The molecule has 11 nitrogen and oxygen atoms in total. The van der Waals surface area contributed by atoms with E-state index in [0.29, 0.717) is 50.8 Å². The summed E-state index contributed by atoms with van der Waals surface area (Å²) in [4.78, 5) is 42.3. The number of anilines is 1. The molecule has 0 bridgehead atoms. The quantitative estimate of drug-likeness (QED) is 0.569. The highest BCUT2D eigenvalue weighted by molar-refractivity contribution is 6.08. The Bertz CT molecular complexity index is 1290. The summed E-state index contributed by atoms with van der Waals surface area (Å²) in [5.41, 5.74) is 1.45. The summed E-state index contributed by atoms with van der Waals surface area (Å²) in [6, 6.07) is 5.92. The number of fused-ring (bicyclic) bond motifs is 1. The summed E-state index contributed by atoms with van der Waals surface area (Å²) in [5, 5.41) is 19.2. The predicted molar refractivity (Wildman–Crippen MR) is 154 cm³/mol. The number of β-amino-alcohol motifs (C(OH)–C–C–N with tert-alkyl or cyclic N) is 1. The van der Waals surface area contributed by atoms with Crippen molar-refractivity contribution in [3.63, 3.8) is 0 Å². The molecule has 0 atom stereocenters. The van der Waals surface area contributed by atoms with Crippen molar-refractivity contribution >= 4 is 34.8 Å². The molecule has 1 aliphatic carbocycles. The minimum atomic E-state index is -0.774. The summed E-state index contributed by atoms with van der Waals surface area (Å²) >= 11 is 0. The number of rotatable bonds is 5. The number of hydrogen-bond acceptors (Lipinski definition) is 7. The van der Waals surface area contributed by atoms with Crippen LogP contribution in [0.5, 0.6) is 0 Å². The third kappa shape index (κ3) is 6.06. The molecule has 0 spiro atoms. The van der Waals surface area contributed by atoms with Crippen molar-refractivity contribution in [3.05, 3.63) is 23.8 Å². The van der Waals surface area contributed by atoms with Gasteiger partial charge >= 0.3 is 12.1 Å². The lowest BCUT2D eigenvalue weighted by molar-refractivity contribution is -0.120. The number of urea groups is 1. The second-order valence-corrected chi connectivity index (χ2v) is 12.4. The second kappa shape index (κ2) is 11.6. The van der Waals surface area contributed by atoms with E-state index in [2.05, 4.69) is 27.4 Å². The first kappa shape index (κ1) is 28.0. The van der Waals surface area contributed by atoms with Crippen LogP contribution < -0.4 is 10.2 Å². The Hall–Kier alpha value is -3.18. The van der Waals surface area contributed by atoms with E-state index in [9.17, 15) is 19.5 Å². The number of aryl methyl sites for hydroxylation is 1. The topological polar surface area (TPSA) is 120 Å². The van der Waals surface area contributed by atoms with Gasteiger partial charge < -0.3 is 19.6 Å². The minimum absolute atomic E-state index is 0.0575. The number of likely N-dealkylation sites (tertiary alicyclic amines) is 2. The van der Waals surface area contributed by atoms with Gasteiger partial charge in [0.2, 0.25) is 5.91 Å². The van der Waals surface area contributed by atoms with Crippen molar-refractivity contribution in [2.45, 2.75) is 81.8 Å². The summed E-state index contributed by atoms with van der Waals surface area (Å²) in [7, 11) is 1.88. The molecule has 2 aromatic rings. The van der Waals surface area contributed by atoms with Gasteiger partial charge in [-0.1, -0.05) is 12.5 Å². The lowest BCUT2D eigenvalue weighted by atomic mass is 9.86. The van der Waals surface area contributed by atoms with Crippen LogP contribution >= 0.6 is 0 Å². The molecule has 0 radical (unpaired) electrons. The highest BCUT2D eigenvalue weighted by Crippen LogP contribution is 2.35. The largest absolute Gasteiger partial charge is 0.446 e. The molecule has 3 saturated heterocycles. The maximum Gasteiger partial charge on any atom is 0.410 e. The number of aliphatic hydroxyl groups is 1. The molecule has 1 aromatic carbocycles. The maximum atomic E-state index is 12.6. The highest BCUT2D eigenvalue weighted by Gasteiger charge is 2.37. The van der Waals surface area contributed by atoms with Crippen molar-refractivity contribution < 1.29 is 24.2 Å². The number of benzene rings is 1. The Morgan fingerprint density at radius 1 is 1.05 bits per heavy atom. The molecule has 4 heterocycles. The van der Waals surface area contributed by atoms with Crippen molar-refractivity contribution in [2.24, 2.45) is 7.05 Å². The number of carbonyl (C=O) groups excluding carboxylic acids is 3. The number of carbonyl (C=O) groups is 3. The Morgan fingerprint density at radius 2 is 1.78 bits per heavy atom. The molecule has 222 valence electrons. The Balaban J connectivity index is 1.01. The van der Waals surface area contributed by atoms with E-state index in [1.54, 1.807) is 9.58 Å². The summed E-state index contributed by atoms with van der Waals surface area (Å²) < 4.78 is 7.54. The van der Waals surface area contributed by atoms with Crippen molar-refractivity contribution in [1.82, 2.24) is 24.9 Å². The molecule has 0 unspecified atom stereocenters. The van der Waals surface area contributed by atoms with Gasteiger partial charge in [-0.2, -0.15) is 5.10 Å². The van der Waals surface area contributed by atoms with Gasteiger partial charge in [0, 0.05) is 45.0 Å². The number of hydrogen-bond donors (Lipinski definition) is 2. The molecule has 3 aliphatic heterocycles. The van der Waals surface area contributed by atoms with E-state index in [1.807, 2.05) is 13.1 Å². The molecule has 4 aliphatic rings. The number of nitrogens with zero attached hydrogens (tertiary/aromatic N) is 5. The Labute approximate surface area is 240 Å². The minimum Gasteiger partial charge on any atom is -0.446 e. The van der Waals surface area contributed by atoms with Crippen LogP contribution in [0.15, 0.2) is 18.2 Å². The third-order valence-electron chi connectivity index (χ3n) is 9.51. The zero-order chi connectivity index (χ0) is 28.6. The normalized spacial score (nSPS) is 23.2. The average Bonchev–Trinajstić information content (AvgIpc) is 3.29. The predicted octanol–water partition coefficient (Wildman–Crippen LogP) is 3.50. The molecular weight excluding hydrogens is 524 g/mol. The zero-order valence-corrected chi connectivity index (χ0v) is 24.0. The average molecular weight is 567 g/mol. The Kier molecular flexibility index (Phi) is 7.91. The standard InChI is InChI=1S/C30H42N6O5/c1-33-25-19-22(7-8-24(25)27(32-33)36-16-11-26(37)31-28(36)38)21-9-14-34(15-10-21)20-30(40)12-17-35(18-13-30)29(39)41-23-5-3-2-4-6-23/h7-8,19,21,23,40H,2-6,9-18,20H2,1H3,(H,31,37,38). The van der Waals surface area contributed by atoms with Crippen LogP contribution in [-0.4, -0.2) is 93.7 Å². The van der Waals surface area contributed by atoms with E-state index in [1.165, 1.54) is 16.9 Å². The molecular formula is C30H42N6O5. The SMILES string of the molecule is Cn1nc(N2CCC(=O)NC2=O)c2ccc(C3CCN(CC4(O)CCN(C(=O)OC5CCCCC5)CC4)CC3)cc21. The summed E-state index contributed by atoms with van der Waals surface area (Å²) in [6.45, 7) is 3.87. The first-order valence-corrected chi connectivity index (χ1v) is 15.3. The fraction of sp³-hybridized carbons (Fsp3) is 0.667. The van der Waals surface area contributed by atoms with Gasteiger partial charge in [-0.3, -0.25) is 19.7 Å². The maximum absolute atomic E-state index is 12.6. The molecule has 4 fully saturated rings. The van der Waals surface area contributed by atoms with Crippen LogP contribution in [0.1, 0.15) is 75.7 Å². The van der Waals surface area contributed by atoms with Gasteiger partial charge in [0.25, 0.3) is 0 Å². The molecule has 1 aromatic heterocycles. The van der Waals surface area contributed by atoms with Crippen molar-refractivity contribution in [3.8, 4) is 0 Å². The van der Waals surface area contributed by atoms with E-state index < -0.39 is 11.6 Å². The van der Waals surface area contributed by atoms with Gasteiger partial charge in [-0.25, -0.2) is 9.59 Å². The van der Waals surface area contributed by atoms with Gasteiger partial charge in [0.15, 0.2) is 5.82 Å². The van der Waals surface area contributed by atoms with Crippen LogP contribution in [0.3, 0.4) is 0 Å². The van der Waals surface area contributed by atoms with E-state index in [0.717, 1.165) is 62.5 Å². The van der Waals surface area contributed by atoms with Crippen molar-refractivity contribution in [2.75, 3.05) is 44.2 Å². The summed E-state index contributed by atoms with van der Waals surface area (Å²) in [5.74, 6) is 0.735. The Morgan fingerprint density at radius 3 is 2.49 bits per heavy atom. The first-order valence-electron chi connectivity index (χ1n) is 15.3. The number of ether oxygens (including phenoxy) is 1. The van der Waals surface area contributed by atoms with Gasteiger partial charge in [0.1, 0.15) is 6.10 Å². The highest BCUT2D eigenvalue weighted by atomic mass is 16.6. The van der Waals surface area contributed by atoms with Crippen molar-refractivity contribution in [1.29, 1.82) is 0 Å². The van der Waals surface area contributed by atoms with Crippen LogP contribution in [-0.2, 0) is 16.6 Å². The van der Waals surface area contributed by atoms with E-state index >= 15 is 0 Å². The smallest absolute Gasteiger partial charge is 0.410 e. The molecule has 2 N–H and O–H groups in total. The van der Waals surface area contributed by atoms with Crippen LogP contribution in [0.4, 0.5) is 15.4 Å². The van der Waals surface area contributed by atoms with Crippen LogP contribution in [0.2, 0.25) is 0 Å². The zero-order valence-electron chi connectivity index (χ0n) is 24.0. The van der Waals surface area contributed by atoms with E-state index in [-0.39, 0.29) is 24.5 Å². The van der Waals surface area contributed by atoms with Gasteiger partial charge in [0.05, 0.1) is 11.1 Å². The van der Waals surface area contributed by atoms with Gasteiger partial charge in [-0.15, -0.1) is 0 Å². The lowest BCUT2D eigenvalue weighted by Crippen LogP contribution is -2.53. The number of nitrogens with one attached hydrogen (secondary N) is 1. The molecule has 1 saturated carbocycles. The molecule has 6 rings (SSSR count). The monoisotopic (exact) mass is 566 g/mol. The van der Waals surface area contributed by atoms with E-state index in [4.69, 9.17) is 4.74 Å². The van der Waals surface area contributed by atoms with Crippen LogP contribution in [0.25, 0.3) is 10.9 Å². The fourth-order valence-electron chi connectivity index (χ4n) is 6.98. The fourth-order valence-corrected chi connectivity index (χ4v) is 6.98. The number of imide groups is 1. The lowest BCUT2D eigenvalue weighted by Gasteiger charge is -2.42.